The van der Waals surface area contributed by atoms with E-state index in [0.717, 1.165) is 38.5 Å². The molecular weight excluding hydrogens is 410 g/mol. The van der Waals surface area contributed by atoms with Gasteiger partial charge in [0, 0.05) is 35.0 Å². The van der Waals surface area contributed by atoms with E-state index < -0.39 is 11.6 Å². The molecule has 0 aromatic heterocycles. The Bertz CT molecular complexity index is 753. The summed E-state index contributed by atoms with van der Waals surface area (Å²) in [5.41, 5.74) is -0.369. The quantitative estimate of drug-likeness (QED) is 0.577. The molecule has 1 aromatic carbocycles. The van der Waals surface area contributed by atoms with Crippen molar-refractivity contribution < 1.29 is 18.3 Å². The van der Waals surface area contributed by atoms with E-state index in [4.69, 9.17) is 9.47 Å². The van der Waals surface area contributed by atoms with Crippen molar-refractivity contribution in [2.75, 3.05) is 0 Å². The van der Waals surface area contributed by atoms with Crippen molar-refractivity contribution in [2.24, 2.45) is 0 Å². The lowest BCUT2D eigenvalue weighted by Gasteiger charge is -2.34. The summed E-state index contributed by atoms with van der Waals surface area (Å²) >= 11 is 0. The summed E-state index contributed by atoms with van der Waals surface area (Å²) in [6.07, 6.45) is 4.42. The van der Waals surface area contributed by atoms with Gasteiger partial charge in [-0.05, 0) is 93.2 Å². The molecule has 32 heavy (non-hydrogen) atoms. The van der Waals surface area contributed by atoms with Crippen LogP contribution < -0.4 is 20.1 Å². The molecule has 2 saturated heterocycles. The van der Waals surface area contributed by atoms with Crippen LogP contribution in [0.1, 0.15) is 93.9 Å². The maximum atomic E-state index is 15.0. The van der Waals surface area contributed by atoms with E-state index in [9.17, 15) is 8.78 Å². The minimum atomic E-state index is -0.969. The molecule has 2 fully saturated rings. The number of nitrogens with one attached hydrogen (secondary N) is 2. The van der Waals surface area contributed by atoms with Gasteiger partial charge in [0.05, 0.1) is 0 Å². The molecule has 0 spiro atoms. The fourth-order valence-electron chi connectivity index (χ4n) is 5.70. The molecule has 4 nitrogen and oxygen atoms in total. The second-order valence-corrected chi connectivity index (χ2v) is 12.4. The molecule has 2 heterocycles. The lowest BCUT2D eigenvalue weighted by Crippen LogP contribution is -2.51. The normalized spacial score (nSPS) is 28.9. The van der Waals surface area contributed by atoms with Crippen molar-refractivity contribution in [3.8, 4) is 11.5 Å². The van der Waals surface area contributed by atoms with E-state index in [-0.39, 0.29) is 45.9 Å². The summed E-state index contributed by atoms with van der Waals surface area (Å²) in [6.45, 7) is 17.1. The molecule has 1 aromatic rings. The summed E-state index contributed by atoms with van der Waals surface area (Å²) in [6, 6.07) is 3.02. The van der Waals surface area contributed by atoms with E-state index in [1.54, 1.807) is 0 Å². The number of halogens is 2. The van der Waals surface area contributed by atoms with Crippen LogP contribution in [0.25, 0.3) is 0 Å². The van der Waals surface area contributed by atoms with E-state index in [2.05, 4.69) is 66.0 Å². The van der Waals surface area contributed by atoms with Crippen LogP contribution in [-0.4, -0.2) is 34.4 Å². The molecule has 6 heteroatoms. The SMILES string of the molecule is CC1(C)CCC(Oc2ccc(OC3CCC(C)(C)NC(C)(C)C3)c(F)c2F)CC(C)(C)N1. The van der Waals surface area contributed by atoms with E-state index in [0.29, 0.717) is 0 Å². The highest BCUT2D eigenvalue weighted by molar-refractivity contribution is 5.35. The Labute approximate surface area is 192 Å². The second kappa shape index (κ2) is 8.75. The minimum Gasteiger partial charge on any atom is -0.487 e. The summed E-state index contributed by atoms with van der Waals surface area (Å²) < 4.78 is 41.9. The first-order valence-corrected chi connectivity index (χ1v) is 12.0. The zero-order valence-electron chi connectivity index (χ0n) is 21.1. The third kappa shape index (κ3) is 6.57. The van der Waals surface area contributed by atoms with E-state index in [1.165, 1.54) is 12.1 Å². The molecule has 3 rings (SSSR count). The first-order chi connectivity index (χ1) is 14.6. The van der Waals surface area contributed by atoms with Crippen molar-refractivity contribution in [1.29, 1.82) is 0 Å². The van der Waals surface area contributed by atoms with Crippen LogP contribution in [0.2, 0.25) is 0 Å². The Hall–Kier alpha value is -1.40. The number of hydrogen-bond donors (Lipinski definition) is 2. The molecule has 0 saturated carbocycles. The number of hydrogen-bond acceptors (Lipinski definition) is 4. The third-order valence-corrected chi connectivity index (χ3v) is 6.61. The summed E-state index contributed by atoms with van der Waals surface area (Å²) in [7, 11) is 0. The van der Waals surface area contributed by atoms with Gasteiger partial charge in [-0.15, -0.1) is 0 Å². The average molecular weight is 453 g/mol. The largest absolute Gasteiger partial charge is 0.487 e. The maximum absolute atomic E-state index is 15.0. The zero-order chi connectivity index (χ0) is 23.9. The molecule has 2 atom stereocenters. The maximum Gasteiger partial charge on any atom is 0.204 e. The van der Waals surface area contributed by atoms with Crippen LogP contribution >= 0.6 is 0 Å². The van der Waals surface area contributed by atoms with E-state index in [1.807, 2.05) is 0 Å². The smallest absolute Gasteiger partial charge is 0.204 e. The molecule has 2 aliphatic heterocycles. The van der Waals surface area contributed by atoms with Crippen molar-refractivity contribution in [1.82, 2.24) is 10.6 Å². The molecular formula is C26H42F2N2O2. The van der Waals surface area contributed by atoms with Gasteiger partial charge in [0.25, 0.3) is 0 Å². The molecule has 0 aliphatic carbocycles. The fraction of sp³-hybridized carbons (Fsp3) is 0.769. The van der Waals surface area contributed by atoms with Gasteiger partial charge in [0.2, 0.25) is 11.6 Å². The molecule has 0 bridgehead atoms. The summed E-state index contributed by atoms with van der Waals surface area (Å²) in [4.78, 5) is 0. The third-order valence-electron chi connectivity index (χ3n) is 6.61. The predicted molar refractivity (Wildman–Crippen MR) is 125 cm³/mol. The molecule has 2 unspecified atom stereocenters. The van der Waals surface area contributed by atoms with Crippen LogP contribution in [0.3, 0.4) is 0 Å². The van der Waals surface area contributed by atoms with Gasteiger partial charge in [0.15, 0.2) is 11.5 Å². The minimum absolute atomic E-state index is 0.0288. The number of rotatable bonds is 4. The van der Waals surface area contributed by atoms with Gasteiger partial charge >= 0.3 is 0 Å². The first kappa shape index (κ1) is 25.2. The fourth-order valence-corrected chi connectivity index (χ4v) is 5.70. The van der Waals surface area contributed by atoms with Crippen molar-refractivity contribution >= 4 is 0 Å². The standard InChI is InChI=1S/C26H42F2N2O2/c1-23(2)13-11-17(15-25(5,6)29-23)31-19-9-10-20(22(28)21(19)27)32-18-12-14-24(3,4)30-26(7,8)16-18/h9-10,17-18,29-30H,11-16H2,1-8H3. The lowest BCUT2D eigenvalue weighted by atomic mass is 9.96. The van der Waals surface area contributed by atoms with Crippen LogP contribution in [-0.2, 0) is 0 Å². The van der Waals surface area contributed by atoms with Crippen LogP contribution in [0.15, 0.2) is 12.1 Å². The van der Waals surface area contributed by atoms with Crippen LogP contribution in [0.4, 0.5) is 8.78 Å². The van der Waals surface area contributed by atoms with Gasteiger partial charge in [-0.25, -0.2) is 0 Å². The summed E-state index contributed by atoms with van der Waals surface area (Å²) in [5.74, 6) is -2.02. The Morgan fingerprint density at radius 2 is 1.00 bits per heavy atom. The van der Waals surface area contributed by atoms with Crippen molar-refractivity contribution in [3.63, 3.8) is 0 Å². The Morgan fingerprint density at radius 3 is 1.34 bits per heavy atom. The van der Waals surface area contributed by atoms with E-state index >= 15 is 0 Å². The Morgan fingerprint density at radius 1 is 0.656 bits per heavy atom. The van der Waals surface area contributed by atoms with Gasteiger partial charge in [0.1, 0.15) is 12.2 Å². The molecule has 182 valence electrons. The summed E-state index contributed by atoms with van der Waals surface area (Å²) in [5, 5.41) is 7.27. The van der Waals surface area contributed by atoms with Gasteiger partial charge in [-0.2, -0.15) is 8.78 Å². The topological polar surface area (TPSA) is 42.5 Å². The average Bonchev–Trinajstić information content (AvgIpc) is 2.79. The zero-order valence-corrected chi connectivity index (χ0v) is 21.1. The molecule has 0 radical (unpaired) electrons. The second-order valence-electron chi connectivity index (χ2n) is 12.4. The van der Waals surface area contributed by atoms with Crippen LogP contribution in [0.5, 0.6) is 11.5 Å². The monoisotopic (exact) mass is 452 g/mol. The van der Waals surface area contributed by atoms with Gasteiger partial charge in [-0.3, -0.25) is 0 Å². The lowest BCUT2D eigenvalue weighted by molar-refractivity contribution is 0.141. The molecule has 2 aliphatic rings. The van der Waals surface area contributed by atoms with Gasteiger partial charge < -0.3 is 20.1 Å². The molecule has 2 N–H and O–H groups in total. The highest BCUT2D eigenvalue weighted by atomic mass is 19.2. The van der Waals surface area contributed by atoms with Gasteiger partial charge in [-0.1, -0.05) is 0 Å². The van der Waals surface area contributed by atoms with Crippen molar-refractivity contribution in [2.45, 2.75) is 128 Å². The number of benzene rings is 1. The van der Waals surface area contributed by atoms with Crippen LogP contribution in [0, 0.1) is 11.6 Å². The molecule has 0 amide bonds. The Balaban J connectivity index is 1.73. The highest BCUT2D eigenvalue weighted by Gasteiger charge is 2.37. The predicted octanol–water partition coefficient (Wildman–Crippen LogP) is 6.12. The number of ether oxygens (including phenoxy) is 2. The first-order valence-electron chi connectivity index (χ1n) is 12.0. The van der Waals surface area contributed by atoms with Crippen molar-refractivity contribution in [3.05, 3.63) is 23.8 Å². The highest BCUT2D eigenvalue weighted by Crippen LogP contribution is 2.35. The Kier molecular flexibility index (Phi) is 6.90.